The van der Waals surface area contributed by atoms with Gasteiger partial charge in [-0.25, -0.2) is 9.78 Å². The number of carbonyl (C=O) groups is 2. The lowest BCUT2D eigenvalue weighted by atomic mass is 10.3. The maximum atomic E-state index is 11.7. The molecule has 36 heavy (non-hydrogen) atoms. The van der Waals surface area contributed by atoms with E-state index in [1.807, 2.05) is 24.0 Å². The summed E-state index contributed by atoms with van der Waals surface area (Å²) in [5, 5.41) is 10.3. The van der Waals surface area contributed by atoms with Crippen molar-refractivity contribution in [3.63, 3.8) is 0 Å². The normalized spacial score (nSPS) is 13.7. The average molecular weight is 494 g/mol. The minimum Gasteiger partial charge on any atom is -0.449 e. The molecule has 12 nitrogen and oxygen atoms in total. The van der Waals surface area contributed by atoms with Gasteiger partial charge in [-0.2, -0.15) is 9.67 Å². The highest BCUT2D eigenvalue weighted by Crippen LogP contribution is 2.22. The van der Waals surface area contributed by atoms with Crippen molar-refractivity contribution in [1.82, 2.24) is 24.6 Å². The number of nitrogen functional groups attached to an aromatic ring is 1. The molecule has 1 aliphatic rings. The molecule has 4 rings (SSSR count). The van der Waals surface area contributed by atoms with E-state index in [9.17, 15) is 9.59 Å². The van der Waals surface area contributed by atoms with Crippen LogP contribution in [0.4, 0.5) is 33.9 Å². The Hall–Kier alpha value is -4.35. The van der Waals surface area contributed by atoms with Crippen LogP contribution in [0.5, 0.6) is 0 Å². The van der Waals surface area contributed by atoms with Gasteiger partial charge in [0.15, 0.2) is 0 Å². The molecule has 0 spiro atoms. The van der Waals surface area contributed by atoms with Crippen LogP contribution < -0.4 is 21.3 Å². The smallest absolute Gasteiger partial charge is 0.411 e. The van der Waals surface area contributed by atoms with Crippen molar-refractivity contribution in [2.45, 2.75) is 26.7 Å². The number of hydrogen-bond donors (Lipinski definition) is 3. The zero-order chi connectivity index (χ0) is 25.5. The Labute approximate surface area is 209 Å². The van der Waals surface area contributed by atoms with E-state index < -0.39 is 6.09 Å². The fourth-order valence-corrected chi connectivity index (χ4v) is 3.86. The Morgan fingerprint density at radius 2 is 1.86 bits per heavy atom. The summed E-state index contributed by atoms with van der Waals surface area (Å²) in [6.07, 6.45) is 2.86. The lowest BCUT2D eigenvalue weighted by Gasteiger charge is -2.22. The first-order valence-corrected chi connectivity index (χ1v) is 11.9. The van der Waals surface area contributed by atoms with Crippen LogP contribution in [0.1, 0.15) is 26.7 Å². The third kappa shape index (κ3) is 6.20. The number of amides is 2. The molecule has 1 aromatic carbocycles. The van der Waals surface area contributed by atoms with E-state index in [0.29, 0.717) is 31.3 Å². The van der Waals surface area contributed by atoms with Gasteiger partial charge in [0.25, 0.3) is 0 Å². The monoisotopic (exact) mass is 493 g/mol. The molecule has 1 aliphatic heterocycles. The number of carbonyl (C=O) groups excluding carboxylic acids is 2. The minimum absolute atomic E-state index is 0.0920. The molecule has 0 atom stereocenters. The Morgan fingerprint density at radius 1 is 1.08 bits per heavy atom. The first-order chi connectivity index (χ1) is 17.4. The fraction of sp³-hybridized carbons (Fsp3) is 0.375. The average Bonchev–Trinajstić information content (AvgIpc) is 3.07. The molecule has 3 heterocycles. The zero-order valence-electron chi connectivity index (χ0n) is 20.5. The van der Waals surface area contributed by atoms with Gasteiger partial charge in [0.1, 0.15) is 5.82 Å². The summed E-state index contributed by atoms with van der Waals surface area (Å²) in [6, 6.07) is 10.8. The molecule has 2 amide bonds. The summed E-state index contributed by atoms with van der Waals surface area (Å²) in [5.41, 5.74) is 8.24. The van der Waals surface area contributed by atoms with Crippen molar-refractivity contribution >= 4 is 41.1 Å². The summed E-state index contributed by atoms with van der Waals surface area (Å²) in [5.74, 6) is 1.45. The molecule has 1 fully saturated rings. The molecule has 1 saturated heterocycles. The van der Waals surface area contributed by atoms with Crippen LogP contribution in [-0.2, 0) is 9.53 Å². The van der Waals surface area contributed by atoms with Crippen molar-refractivity contribution in [3.8, 4) is 5.69 Å². The van der Waals surface area contributed by atoms with Crippen molar-refractivity contribution in [2.75, 3.05) is 54.1 Å². The van der Waals surface area contributed by atoms with Crippen LogP contribution in [0.25, 0.3) is 5.69 Å². The van der Waals surface area contributed by atoms with E-state index >= 15 is 0 Å². The number of hydrogen-bond acceptors (Lipinski definition) is 9. The summed E-state index contributed by atoms with van der Waals surface area (Å²) < 4.78 is 6.57. The number of nitrogens with two attached hydrogens (primary N) is 1. The number of rotatable bonds is 7. The Kier molecular flexibility index (Phi) is 7.83. The number of nitrogens with one attached hydrogen (secondary N) is 2. The summed E-state index contributed by atoms with van der Waals surface area (Å²) in [7, 11) is 0. The molecule has 0 radical (unpaired) electrons. The van der Waals surface area contributed by atoms with Crippen molar-refractivity contribution in [3.05, 3.63) is 42.6 Å². The maximum absolute atomic E-state index is 11.7. The second kappa shape index (κ2) is 11.4. The molecular formula is C24H31N9O3. The topological polar surface area (TPSA) is 144 Å². The van der Waals surface area contributed by atoms with Crippen LogP contribution in [0.15, 0.2) is 42.6 Å². The molecule has 0 unspecified atom stereocenters. The minimum atomic E-state index is -0.487. The van der Waals surface area contributed by atoms with Crippen molar-refractivity contribution < 1.29 is 14.3 Å². The van der Waals surface area contributed by atoms with Gasteiger partial charge >= 0.3 is 6.09 Å². The molecule has 12 heteroatoms. The highest BCUT2D eigenvalue weighted by atomic mass is 16.5. The number of benzene rings is 1. The molecule has 2 aromatic heterocycles. The molecule has 0 bridgehead atoms. The molecule has 3 aromatic rings. The van der Waals surface area contributed by atoms with Gasteiger partial charge in [-0.3, -0.25) is 10.1 Å². The van der Waals surface area contributed by atoms with Gasteiger partial charge in [-0.05, 0) is 43.2 Å². The third-order valence-electron chi connectivity index (χ3n) is 5.70. The lowest BCUT2D eigenvalue weighted by Crippen LogP contribution is -2.33. The van der Waals surface area contributed by atoms with Gasteiger partial charge in [0.2, 0.25) is 17.8 Å². The predicted molar refractivity (Wildman–Crippen MR) is 138 cm³/mol. The number of pyridine rings is 1. The van der Waals surface area contributed by atoms with Crippen LogP contribution in [0.3, 0.4) is 0 Å². The highest BCUT2D eigenvalue weighted by Gasteiger charge is 2.18. The SMILES string of the molecule is CCCOC(=O)Nc1ccc(Nc2nc(N)n(-c3ccnc(N4CCCN(C(C)=O)CC4)c3)n2)cc1. The second-order valence-corrected chi connectivity index (χ2v) is 8.39. The summed E-state index contributed by atoms with van der Waals surface area (Å²) in [6.45, 7) is 6.83. The van der Waals surface area contributed by atoms with E-state index in [1.165, 1.54) is 0 Å². The molecule has 0 saturated carbocycles. The summed E-state index contributed by atoms with van der Waals surface area (Å²) >= 11 is 0. The van der Waals surface area contributed by atoms with E-state index in [4.69, 9.17) is 10.5 Å². The number of anilines is 5. The third-order valence-corrected chi connectivity index (χ3v) is 5.70. The van der Waals surface area contributed by atoms with Gasteiger partial charge < -0.3 is 25.6 Å². The van der Waals surface area contributed by atoms with Gasteiger partial charge in [-0.15, -0.1) is 5.10 Å². The first-order valence-electron chi connectivity index (χ1n) is 11.9. The van der Waals surface area contributed by atoms with Crippen LogP contribution in [-0.4, -0.2) is 69.4 Å². The second-order valence-electron chi connectivity index (χ2n) is 8.39. The Morgan fingerprint density at radius 3 is 2.61 bits per heavy atom. The molecule has 0 aliphatic carbocycles. The van der Waals surface area contributed by atoms with E-state index in [-0.39, 0.29) is 11.9 Å². The largest absolute Gasteiger partial charge is 0.449 e. The Balaban J connectivity index is 1.43. The van der Waals surface area contributed by atoms with Crippen LogP contribution >= 0.6 is 0 Å². The zero-order valence-corrected chi connectivity index (χ0v) is 20.5. The number of ether oxygens (including phenoxy) is 1. The van der Waals surface area contributed by atoms with E-state index in [0.717, 1.165) is 43.1 Å². The first kappa shape index (κ1) is 24.8. The Bertz CT molecular complexity index is 1200. The number of aromatic nitrogens is 4. The highest BCUT2D eigenvalue weighted by molar-refractivity contribution is 5.84. The summed E-state index contributed by atoms with van der Waals surface area (Å²) in [4.78, 5) is 36.3. The van der Waals surface area contributed by atoms with Crippen molar-refractivity contribution in [1.29, 1.82) is 0 Å². The van der Waals surface area contributed by atoms with Crippen LogP contribution in [0.2, 0.25) is 0 Å². The number of nitrogens with zero attached hydrogens (tertiary/aromatic N) is 6. The van der Waals surface area contributed by atoms with Crippen molar-refractivity contribution in [2.24, 2.45) is 0 Å². The van der Waals surface area contributed by atoms with Gasteiger partial charge in [0, 0.05) is 56.7 Å². The standard InChI is InChI=1S/C24H31N9O3/c1-3-15-36-24(35)28-19-7-5-18(6-8-19)27-23-29-22(25)33(30-23)20-9-10-26-21(16-20)32-12-4-11-31(13-14-32)17(2)34/h5-10,16H,3-4,11-15H2,1-2H3,(H,28,35)(H3,25,27,29,30). The fourth-order valence-electron chi connectivity index (χ4n) is 3.86. The van der Waals surface area contributed by atoms with Gasteiger partial charge in [0.05, 0.1) is 12.3 Å². The van der Waals surface area contributed by atoms with E-state index in [2.05, 4.69) is 30.6 Å². The molecule has 190 valence electrons. The van der Waals surface area contributed by atoms with Gasteiger partial charge in [-0.1, -0.05) is 6.92 Å². The molecule has 4 N–H and O–H groups in total. The van der Waals surface area contributed by atoms with Crippen LogP contribution in [0, 0.1) is 0 Å². The predicted octanol–water partition coefficient (Wildman–Crippen LogP) is 3.01. The molecular weight excluding hydrogens is 462 g/mol. The van der Waals surface area contributed by atoms with E-state index in [1.54, 1.807) is 42.1 Å². The lowest BCUT2D eigenvalue weighted by molar-refractivity contribution is -0.128. The maximum Gasteiger partial charge on any atom is 0.411 e. The quantitative estimate of drug-likeness (QED) is 0.452.